The Hall–Kier alpha value is -2.08. The summed E-state index contributed by atoms with van der Waals surface area (Å²) in [5, 5.41) is 14.7. The number of amides is 1. The minimum atomic E-state index is -0.308. The first-order valence-corrected chi connectivity index (χ1v) is 7.40. The van der Waals surface area contributed by atoms with Gasteiger partial charge in [-0.25, -0.2) is 4.39 Å². The molecule has 0 aliphatic heterocycles. The fourth-order valence-electron chi connectivity index (χ4n) is 1.78. The minimum absolute atomic E-state index is 0.151. The zero-order valence-electron chi connectivity index (χ0n) is 11.5. The molecule has 0 aliphatic carbocycles. The summed E-state index contributed by atoms with van der Waals surface area (Å²) in [4.78, 5) is 11.9. The number of nitrogens with one attached hydrogen (secondary N) is 1. The third-order valence-corrected chi connectivity index (χ3v) is 3.91. The smallest absolute Gasteiger partial charge is 0.251 e. The van der Waals surface area contributed by atoms with Crippen molar-refractivity contribution in [3.05, 3.63) is 65.2 Å². The molecule has 6 heteroatoms. The molecule has 110 valence electrons. The summed E-state index contributed by atoms with van der Waals surface area (Å²) in [6.45, 7) is 1.83. The van der Waals surface area contributed by atoms with E-state index in [2.05, 4.69) is 5.32 Å². The van der Waals surface area contributed by atoms with E-state index in [1.807, 2.05) is 6.92 Å². The lowest BCUT2D eigenvalue weighted by Gasteiger charge is -2.14. The van der Waals surface area contributed by atoms with Gasteiger partial charge in [-0.05, 0) is 42.4 Å². The van der Waals surface area contributed by atoms with Crippen molar-refractivity contribution in [2.24, 2.45) is 0 Å². The normalized spacial score (nSPS) is 11.9. The standard InChI is InChI=1S/C15H15FN2O2S/c1-11(12-5-7-13(16)8-6-12)17-14(19)10-21-15-4-2-3-9-18(15)20/h2-9,11H,10H2,1H3,(H,17,19). The number of carbonyl (C=O) groups excluding carboxylic acids is 1. The van der Waals surface area contributed by atoms with Gasteiger partial charge in [-0.2, -0.15) is 4.73 Å². The highest BCUT2D eigenvalue weighted by Gasteiger charge is 2.12. The second-order valence-electron chi connectivity index (χ2n) is 4.49. The van der Waals surface area contributed by atoms with Crippen LogP contribution in [0.3, 0.4) is 0 Å². The SMILES string of the molecule is CC(NC(=O)CSc1cccc[n+]1[O-])c1ccc(F)cc1. The molecule has 0 spiro atoms. The lowest BCUT2D eigenvalue weighted by Crippen LogP contribution is -2.31. The van der Waals surface area contributed by atoms with Crippen LogP contribution in [0.5, 0.6) is 0 Å². The van der Waals surface area contributed by atoms with Crippen molar-refractivity contribution in [3.8, 4) is 0 Å². The molecular weight excluding hydrogens is 291 g/mol. The molecule has 0 saturated carbocycles. The van der Waals surface area contributed by atoms with Gasteiger partial charge in [0.05, 0.1) is 11.8 Å². The monoisotopic (exact) mass is 306 g/mol. The molecule has 1 atom stereocenters. The molecule has 2 aromatic rings. The predicted molar refractivity (Wildman–Crippen MR) is 79.1 cm³/mol. The first-order valence-electron chi connectivity index (χ1n) is 6.42. The van der Waals surface area contributed by atoms with Crippen LogP contribution in [0.1, 0.15) is 18.5 Å². The first kappa shape index (κ1) is 15.3. The Balaban J connectivity index is 1.87. The number of hydrogen-bond acceptors (Lipinski definition) is 3. The number of rotatable bonds is 5. The number of benzene rings is 1. The van der Waals surface area contributed by atoms with Crippen LogP contribution in [-0.4, -0.2) is 11.7 Å². The fourth-order valence-corrected chi connectivity index (χ4v) is 2.51. The molecule has 0 aliphatic rings. The molecular formula is C15H15FN2O2S. The van der Waals surface area contributed by atoms with E-state index in [4.69, 9.17) is 0 Å². The van der Waals surface area contributed by atoms with Crippen molar-refractivity contribution in [2.75, 3.05) is 5.75 Å². The van der Waals surface area contributed by atoms with Crippen molar-refractivity contribution in [1.29, 1.82) is 0 Å². The second kappa shape index (κ2) is 7.08. The van der Waals surface area contributed by atoms with Crippen molar-refractivity contribution in [1.82, 2.24) is 5.32 Å². The summed E-state index contributed by atoms with van der Waals surface area (Å²) >= 11 is 1.17. The van der Waals surface area contributed by atoms with Gasteiger partial charge in [0, 0.05) is 12.1 Å². The van der Waals surface area contributed by atoms with Crippen LogP contribution in [0.4, 0.5) is 4.39 Å². The van der Waals surface area contributed by atoms with Gasteiger partial charge in [0.15, 0.2) is 6.20 Å². The lowest BCUT2D eigenvalue weighted by atomic mass is 10.1. The summed E-state index contributed by atoms with van der Waals surface area (Å²) in [5.74, 6) is -0.338. The fraction of sp³-hybridized carbons (Fsp3) is 0.200. The summed E-state index contributed by atoms with van der Waals surface area (Å²) in [6.07, 6.45) is 1.39. The van der Waals surface area contributed by atoms with Gasteiger partial charge in [-0.15, -0.1) is 0 Å². The Morgan fingerprint density at radius 1 is 1.33 bits per heavy atom. The van der Waals surface area contributed by atoms with Gasteiger partial charge < -0.3 is 10.5 Å². The molecule has 0 saturated heterocycles. The maximum Gasteiger partial charge on any atom is 0.251 e. The zero-order chi connectivity index (χ0) is 15.2. The first-order chi connectivity index (χ1) is 10.1. The predicted octanol–water partition coefficient (Wildman–Crippen LogP) is 2.43. The Morgan fingerprint density at radius 2 is 2.05 bits per heavy atom. The molecule has 1 N–H and O–H groups in total. The van der Waals surface area contributed by atoms with Crippen LogP contribution in [-0.2, 0) is 4.79 Å². The average Bonchev–Trinajstić information content (AvgIpc) is 2.47. The van der Waals surface area contributed by atoms with Crippen LogP contribution in [0.2, 0.25) is 0 Å². The van der Waals surface area contributed by atoms with Crippen LogP contribution < -0.4 is 10.0 Å². The van der Waals surface area contributed by atoms with Crippen LogP contribution in [0.15, 0.2) is 53.7 Å². The molecule has 1 aromatic carbocycles. The van der Waals surface area contributed by atoms with Crippen molar-refractivity contribution in [3.63, 3.8) is 0 Å². The van der Waals surface area contributed by atoms with E-state index in [0.29, 0.717) is 5.03 Å². The van der Waals surface area contributed by atoms with E-state index in [-0.39, 0.29) is 23.5 Å². The lowest BCUT2D eigenvalue weighted by molar-refractivity contribution is -0.645. The van der Waals surface area contributed by atoms with Gasteiger partial charge in [-0.3, -0.25) is 4.79 Å². The van der Waals surface area contributed by atoms with Crippen molar-refractivity contribution in [2.45, 2.75) is 18.0 Å². The summed E-state index contributed by atoms with van der Waals surface area (Å²) in [7, 11) is 0. The number of pyridine rings is 1. The van der Waals surface area contributed by atoms with Crippen LogP contribution in [0.25, 0.3) is 0 Å². The Morgan fingerprint density at radius 3 is 2.71 bits per heavy atom. The molecule has 0 fully saturated rings. The molecule has 4 nitrogen and oxygen atoms in total. The number of nitrogens with zero attached hydrogens (tertiary/aromatic N) is 1. The highest BCUT2D eigenvalue weighted by Crippen LogP contribution is 2.15. The molecule has 1 aromatic heterocycles. The molecule has 1 heterocycles. The third-order valence-electron chi connectivity index (χ3n) is 2.89. The quantitative estimate of drug-likeness (QED) is 0.524. The number of carbonyl (C=O) groups is 1. The average molecular weight is 306 g/mol. The summed E-state index contributed by atoms with van der Waals surface area (Å²) in [5.41, 5.74) is 0.827. The van der Waals surface area contributed by atoms with Gasteiger partial charge in [0.1, 0.15) is 5.82 Å². The van der Waals surface area contributed by atoms with Gasteiger partial charge in [-0.1, -0.05) is 12.1 Å². The second-order valence-corrected chi connectivity index (χ2v) is 5.49. The topological polar surface area (TPSA) is 56.0 Å². The Bertz CT molecular complexity index is 619. The molecule has 1 amide bonds. The van der Waals surface area contributed by atoms with E-state index in [1.54, 1.807) is 30.3 Å². The highest BCUT2D eigenvalue weighted by molar-refractivity contribution is 7.99. The van der Waals surface area contributed by atoms with E-state index < -0.39 is 0 Å². The van der Waals surface area contributed by atoms with Crippen LogP contribution in [0, 0.1) is 11.0 Å². The van der Waals surface area contributed by atoms with Gasteiger partial charge in [0.2, 0.25) is 5.91 Å². The number of aromatic nitrogens is 1. The van der Waals surface area contributed by atoms with Crippen molar-refractivity contribution >= 4 is 17.7 Å². The molecule has 21 heavy (non-hydrogen) atoms. The molecule has 0 radical (unpaired) electrons. The maximum absolute atomic E-state index is 12.8. The third kappa shape index (κ3) is 4.46. The van der Waals surface area contributed by atoms with E-state index in [0.717, 1.165) is 10.3 Å². The van der Waals surface area contributed by atoms with Gasteiger partial charge in [0.25, 0.3) is 5.03 Å². The van der Waals surface area contributed by atoms with Crippen molar-refractivity contribution < 1.29 is 13.9 Å². The molecule has 2 rings (SSSR count). The highest BCUT2D eigenvalue weighted by atomic mass is 32.2. The van der Waals surface area contributed by atoms with Crippen LogP contribution >= 0.6 is 11.8 Å². The Labute approximate surface area is 126 Å². The number of hydrogen-bond donors (Lipinski definition) is 1. The van der Waals surface area contributed by atoms with E-state index in [1.165, 1.54) is 30.1 Å². The van der Waals surface area contributed by atoms with E-state index in [9.17, 15) is 14.4 Å². The number of halogens is 1. The van der Waals surface area contributed by atoms with E-state index >= 15 is 0 Å². The molecule has 1 unspecified atom stereocenters. The Kier molecular flexibility index (Phi) is 5.16. The minimum Gasteiger partial charge on any atom is -0.618 e. The largest absolute Gasteiger partial charge is 0.618 e. The summed E-state index contributed by atoms with van der Waals surface area (Å²) in [6, 6.07) is 10.8. The molecule has 0 bridgehead atoms. The number of thioether (sulfide) groups is 1. The van der Waals surface area contributed by atoms with Gasteiger partial charge >= 0.3 is 0 Å². The summed E-state index contributed by atoms with van der Waals surface area (Å²) < 4.78 is 13.6. The zero-order valence-corrected chi connectivity index (χ0v) is 12.3. The maximum atomic E-state index is 12.8.